The molecule has 1 atom stereocenters. The summed E-state index contributed by atoms with van der Waals surface area (Å²) in [5, 5.41) is 0. The van der Waals surface area contributed by atoms with E-state index in [-0.39, 0.29) is 4.45 Å². The minimum atomic E-state index is 0.0764. The fourth-order valence-electron chi connectivity index (χ4n) is 0.647. The lowest BCUT2D eigenvalue weighted by Gasteiger charge is -2.07. The molecule has 0 aliphatic carbocycles. The Labute approximate surface area is 52.0 Å². The fraction of sp³-hybridized carbons (Fsp3) is 0.800. The summed E-state index contributed by atoms with van der Waals surface area (Å²) >= 11 is 3.44. The molecule has 0 fully saturated rings. The van der Waals surface area contributed by atoms with Gasteiger partial charge in [0, 0.05) is 6.21 Å². The zero-order valence-corrected chi connectivity index (χ0v) is 5.90. The van der Waals surface area contributed by atoms with E-state index in [2.05, 4.69) is 27.8 Å². The van der Waals surface area contributed by atoms with Crippen molar-refractivity contribution in [2.45, 2.75) is 24.2 Å². The van der Waals surface area contributed by atoms with Crippen LogP contribution in [-0.4, -0.2) is 10.7 Å². The van der Waals surface area contributed by atoms with Crippen LogP contribution in [-0.2, 0) is 0 Å². The van der Waals surface area contributed by atoms with Gasteiger partial charge in [0.2, 0.25) is 0 Å². The van der Waals surface area contributed by atoms with Gasteiger partial charge >= 0.3 is 0 Å². The van der Waals surface area contributed by atoms with Crippen molar-refractivity contribution < 1.29 is 0 Å². The SMILES string of the molecule is CC1(Br)CCC=N1. The Balaban J connectivity index is 2.57. The number of aliphatic imine (C=N–C) groups is 1. The van der Waals surface area contributed by atoms with E-state index in [0.717, 1.165) is 12.8 Å². The Morgan fingerprint density at radius 3 is 2.71 bits per heavy atom. The largest absolute Gasteiger partial charge is 0.280 e. The summed E-state index contributed by atoms with van der Waals surface area (Å²) in [4.78, 5) is 4.16. The standard InChI is InChI=1S/C5H8BrN/c1-5(6)3-2-4-7-5/h4H,2-3H2,1H3. The van der Waals surface area contributed by atoms with Gasteiger partial charge in [-0.25, -0.2) is 0 Å². The average Bonchev–Trinajstić information content (AvgIpc) is 1.84. The van der Waals surface area contributed by atoms with E-state index >= 15 is 0 Å². The van der Waals surface area contributed by atoms with Gasteiger partial charge in [0.25, 0.3) is 0 Å². The number of hydrogen-bond donors (Lipinski definition) is 0. The van der Waals surface area contributed by atoms with Gasteiger partial charge in [0.1, 0.15) is 4.45 Å². The Bertz CT molecular complexity index is 96.3. The Morgan fingerprint density at radius 1 is 1.86 bits per heavy atom. The van der Waals surface area contributed by atoms with Gasteiger partial charge in [0.05, 0.1) is 0 Å². The van der Waals surface area contributed by atoms with E-state index in [1.807, 2.05) is 6.21 Å². The van der Waals surface area contributed by atoms with Crippen LogP contribution in [0.3, 0.4) is 0 Å². The molecule has 0 aromatic rings. The topological polar surface area (TPSA) is 12.4 Å². The predicted molar refractivity (Wildman–Crippen MR) is 35.1 cm³/mol. The molecule has 1 aliphatic rings. The number of alkyl halides is 1. The third-order valence-electron chi connectivity index (χ3n) is 1.09. The fourth-order valence-corrected chi connectivity index (χ4v) is 1.02. The number of hydrogen-bond acceptors (Lipinski definition) is 1. The van der Waals surface area contributed by atoms with Gasteiger partial charge in [-0.3, -0.25) is 4.99 Å². The van der Waals surface area contributed by atoms with Crippen LogP contribution in [0.5, 0.6) is 0 Å². The van der Waals surface area contributed by atoms with Crippen LogP contribution >= 0.6 is 15.9 Å². The molecule has 7 heavy (non-hydrogen) atoms. The highest BCUT2D eigenvalue weighted by Crippen LogP contribution is 2.28. The van der Waals surface area contributed by atoms with E-state index in [4.69, 9.17) is 0 Å². The van der Waals surface area contributed by atoms with Crippen LogP contribution in [0.25, 0.3) is 0 Å². The first-order valence-corrected chi connectivity index (χ1v) is 3.23. The van der Waals surface area contributed by atoms with E-state index in [1.54, 1.807) is 0 Å². The molecule has 2 heteroatoms. The molecule has 0 saturated heterocycles. The van der Waals surface area contributed by atoms with Crippen LogP contribution in [0.4, 0.5) is 0 Å². The van der Waals surface area contributed by atoms with Gasteiger partial charge < -0.3 is 0 Å². The summed E-state index contributed by atoms with van der Waals surface area (Å²) in [6, 6.07) is 0. The molecule has 0 spiro atoms. The lowest BCUT2D eigenvalue weighted by atomic mass is 10.2. The number of nitrogens with zero attached hydrogens (tertiary/aromatic N) is 1. The molecule has 0 aromatic carbocycles. The first-order chi connectivity index (χ1) is 3.21. The minimum Gasteiger partial charge on any atom is -0.280 e. The van der Waals surface area contributed by atoms with Crippen molar-refractivity contribution in [2.24, 2.45) is 4.99 Å². The first kappa shape index (κ1) is 5.29. The van der Waals surface area contributed by atoms with E-state index < -0.39 is 0 Å². The first-order valence-electron chi connectivity index (χ1n) is 2.43. The van der Waals surface area contributed by atoms with Crippen LogP contribution in [0.1, 0.15) is 19.8 Å². The van der Waals surface area contributed by atoms with Crippen molar-refractivity contribution in [3.8, 4) is 0 Å². The molecule has 0 aromatic heterocycles. The summed E-state index contributed by atoms with van der Waals surface area (Å²) in [6.07, 6.45) is 4.24. The summed E-state index contributed by atoms with van der Waals surface area (Å²) in [6.45, 7) is 2.08. The molecular formula is C5H8BrN. The Hall–Kier alpha value is 0.150. The lowest BCUT2D eigenvalue weighted by Crippen LogP contribution is -2.04. The molecular weight excluding hydrogens is 154 g/mol. The van der Waals surface area contributed by atoms with E-state index in [1.165, 1.54) is 0 Å². The molecule has 1 heterocycles. The van der Waals surface area contributed by atoms with Crippen molar-refractivity contribution >= 4 is 22.1 Å². The summed E-state index contributed by atoms with van der Waals surface area (Å²) < 4.78 is 0.0764. The lowest BCUT2D eigenvalue weighted by molar-refractivity contribution is 0.691. The Morgan fingerprint density at radius 2 is 2.57 bits per heavy atom. The van der Waals surface area contributed by atoms with Crippen LogP contribution in [0.2, 0.25) is 0 Å². The summed E-state index contributed by atoms with van der Waals surface area (Å²) in [5.74, 6) is 0. The van der Waals surface area contributed by atoms with E-state index in [9.17, 15) is 0 Å². The van der Waals surface area contributed by atoms with Gasteiger partial charge in [-0.15, -0.1) is 0 Å². The van der Waals surface area contributed by atoms with Crippen LogP contribution < -0.4 is 0 Å². The molecule has 0 saturated carbocycles. The highest BCUT2D eigenvalue weighted by molar-refractivity contribution is 9.10. The highest BCUT2D eigenvalue weighted by atomic mass is 79.9. The maximum Gasteiger partial charge on any atom is 0.112 e. The van der Waals surface area contributed by atoms with E-state index in [0.29, 0.717) is 0 Å². The van der Waals surface area contributed by atoms with Gasteiger partial charge in [0.15, 0.2) is 0 Å². The van der Waals surface area contributed by atoms with Crippen LogP contribution in [0, 0.1) is 0 Å². The minimum absolute atomic E-state index is 0.0764. The zero-order chi connectivity index (χ0) is 5.33. The van der Waals surface area contributed by atoms with Crippen LogP contribution in [0.15, 0.2) is 4.99 Å². The van der Waals surface area contributed by atoms with Gasteiger partial charge in [-0.1, -0.05) is 15.9 Å². The molecule has 40 valence electrons. The second-order valence-electron chi connectivity index (χ2n) is 1.99. The summed E-state index contributed by atoms with van der Waals surface area (Å²) in [5.41, 5.74) is 0. The van der Waals surface area contributed by atoms with Crippen molar-refractivity contribution in [2.75, 3.05) is 0 Å². The second-order valence-corrected chi connectivity index (χ2v) is 3.70. The van der Waals surface area contributed by atoms with Gasteiger partial charge in [-0.05, 0) is 19.8 Å². The molecule has 1 aliphatic heterocycles. The molecule has 1 rings (SSSR count). The Kier molecular flexibility index (Phi) is 1.20. The molecule has 1 unspecified atom stereocenters. The van der Waals surface area contributed by atoms with Crippen molar-refractivity contribution in [1.82, 2.24) is 0 Å². The predicted octanol–water partition coefficient (Wildman–Crippen LogP) is 1.96. The normalized spacial score (nSPS) is 39.7. The molecule has 0 radical (unpaired) electrons. The maximum absolute atomic E-state index is 4.16. The van der Waals surface area contributed by atoms with Crippen molar-refractivity contribution in [3.63, 3.8) is 0 Å². The maximum atomic E-state index is 4.16. The quantitative estimate of drug-likeness (QED) is 0.381. The second kappa shape index (κ2) is 1.58. The van der Waals surface area contributed by atoms with Gasteiger partial charge in [-0.2, -0.15) is 0 Å². The highest BCUT2D eigenvalue weighted by Gasteiger charge is 2.19. The number of rotatable bonds is 0. The number of halogens is 1. The van der Waals surface area contributed by atoms with Crippen molar-refractivity contribution in [1.29, 1.82) is 0 Å². The van der Waals surface area contributed by atoms with Crippen molar-refractivity contribution in [3.05, 3.63) is 0 Å². The molecule has 0 bridgehead atoms. The third kappa shape index (κ3) is 1.27. The molecule has 0 N–H and O–H groups in total. The molecule has 1 nitrogen and oxygen atoms in total. The summed E-state index contributed by atoms with van der Waals surface area (Å²) in [7, 11) is 0. The average molecular weight is 162 g/mol. The zero-order valence-electron chi connectivity index (χ0n) is 4.32. The monoisotopic (exact) mass is 161 g/mol. The smallest absolute Gasteiger partial charge is 0.112 e. The third-order valence-corrected chi connectivity index (χ3v) is 1.69. The molecule has 0 amide bonds.